The zero-order valence-corrected chi connectivity index (χ0v) is 16.3. The van der Waals surface area contributed by atoms with Gasteiger partial charge in [-0.25, -0.2) is 14.4 Å². The highest BCUT2D eigenvalue weighted by Gasteiger charge is 2.03. The van der Waals surface area contributed by atoms with Gasteiger partial charge in [-0.05, 0) is 62.2 Å². The highest BCUT2D eigenvalue weighted by molar-refractivity contribution is 5.62. The second-order valence-corrected chi connectivity index (χ2v) is 6.44. The lowest BCUT2D eigenvalue weighted by Gasteiger charge is -2.21. The van der Waals surface area contributed by atoms with Crippen molar-refractivity contribution in [2.45, 2.75) is 20.3 Å². The zero-order chi connectivity index (χ0) is 19.8. The highest BCUT2D eigenvalue weighted by Crippen LogP contribution is 2.21. The van der Waals surface area contributed by atoms with Gasteiger partial charge < -0.3 is 15.5 Å². The fourth-order valence-electron chi connectivity index (χ4n) is 3.00. The predicted octanol–water partition coefficient (Wildman–Crippen LogP) is 4.86. The molecule has 0 unspecified atom stereocenters. The fraction of sp³-hybridized carbons (Fsp3) is 0.273. The van der Waals surface area contributed by atoms with E-state index in [2.05, 4.69) is 63.6 Å². The van der Waals surface area contributed by atoms with E-state index >= 15 is 0 Å². The molecule has 0 aliphatic carbocycles. The summed E-state index contributed by atoms with van der Waals surface area (Å²) in [4.78, 5) is 10.8. The minimum atomic E-state index is -0.214. The normalized spacial score (nSPS) is 10.5. The van der Waals surface area contributed by atoms with Gasteiger partial charge in [-0.3, -0.25) is 0 Å². The van der Waals surface area contributed by atoms with Crippen LogP contribution in [0, 0.1) is 5.82 Å². The van der Waals surface area contributed by atoms with E-state index in [1.165, 1.54) is 24.1 Å². The van der Waals surface area contributed by atoms with Crippen LogP contribution in [0.25, 0.3) is 0 Å². The van der Waals surface area contributed by atoms with Crippen LogP contribution in [-0.4, -0.2) is 29.6 Å². The van der Waals surface area contributed by atoms with Crippen LogP contribution in [0.1, 0.15) is 19.4 Å². The molecule has 0 spiro atoms. The molecule has 0 atom stereocenters. The molecular weight excluding hydrogens is 353 g/mol. The summed E-state index contributed by atoms with van der Waals surface area (Å²) in [5.41, 5.74) is 3.27. The largest absolute Gasteiger partial charge is 0.372 e. The van der Waals surface area contributed by atoms with Crippen molar-refractivity contribution in [3.63, 3.8) is 0 Å². The summed E-state index contributed by atoms with van der Waals surface area (Å²) >= 11 is 0. The third-order valence-corrected chi connectivity index (χ3v) is 4.57. The quantitative estimate of drug-likeness (QED) is 0.556. The van der Waals surface area contributed by atoms with E-state index in [4.69, 9.17) is 0 Å². The minimum absolute atomic E-state index is 0.214. The number of halogens is 1. The van der Waals surface area contributed by atoms with Crippen LogP contribution < -0.4 is 15.5 Å². The average molecular weight is 379 g/mol. The Morgan fingerprint density at radius 2 is 1.57 bits per heavy atom. The van der Waals surface area contributed by atoms with Crippen molar-refractivity contribution in [1.29, 1.82) is 0 Å². The molecular formula is C22H26FN5. The molecule has 6 heteroatoms. The first-order chi connectivity index (χ1) is 13.7. The molecule has 2 N–H and O–H groups in total. The van der Waals surface area contributed by atoms with Gasteiger partial charge in [0, 0.05) is 37.1 Å². The van der Waals surface area contributed by atoms with Crippen LogP contribution in [0.2, 0.25) is 0 Å². The van der Waals surface area contributed by atoms with Gasteiger partial charge in [0.05, 0.1) is 0 Å². The molecule has 5 nitrogen and oxygen atoms in total. The van der Waals surface area contributed by atoms with Crippen LogP contribution in [0.5, 0.6) is 0 Å². The van der Waals surface area contributed by atoms with Gasteiger partial charge in [0.15, 0.2) is 0 Å². The summed E-state index contributed by atoms with van der Waals surface area (Å²) in [6.45, 7) is 6.99. The lowest BCUT2D eigenvalue weighted by molar-refractivity contribution is 0.627. The molecule has 0 amide bonds. The maximum absolute atomic E-state index is 13.0. The van der Waals surface area contributed by atoms with E-state index in [0.29, 0.717) is 6.54 Å². The molecule has 3 rings (SSSR count). The van der Waals surface area contributed by atoms with E-state index in [9.17, 15) is 4.39 Å². The maximum atomic E-state index is 13.0. The van der Waals surface area contributed by atoms with Crippen molar-refractivity contribution >= 4 is 23.0 Å². The van der Waals surface area contributed by atoms with Gasteiger partial charge in [-0.1, -0.05) is 12.1 Å². The van der Waals surface area contributed by atoms with Crippen LogP contribution in [-0.2, 0) is 6.42 Å². The lowest BCUT2D eigenvalue weighted by Crippen LogP contribution is -2.21. The Morgan fingerprint density at radius 3 is 2.25 bits per heavy atom. The molecule has 0 radical (unpaired) electrons. The molecule has 28 heavy (non-hydrogen) atoms. The number of nitrogens with one attached hydrogen (secondary N) is 2. The fourth-order valence-corrected chi connectivity index (χ4v) is 3.00. The van der Waals surface area contributed by atoms with Crippen molar-refractivity contribution < 1.29 is 4.39 Å². The number of rotatable bonds is 9. The molecule has 0 aliphatic rings. The summed E-state index contributed by atoms with van der Waals surface area (Å²) in [6.07, 6.45) is 2.33. The summed E-state index contributed by atoms with van der Waals surface area (Å²) in [5.74, 6) is 1.27. The minimum Gasteiger partial charge on any atom is -0.372 e. The van der Waals surface area contributed by atoms with Crippen molar-refractivity contribution in [2.75, 3.05) is 35.2 Å². The Morgan fingerprint density at radius 1 is 0.893 bits per heavy atom. The number of hydrogen-bond donors (Lipinski definition) is 2. The first-order valence-corrected chi connectivity index (χ1v) is 9.60. The van der Waals surface area contributed by atoms with Crippen molar-refractivity contribution in [3.8, 4) is 0 Å². The number of nitrogens with zero attached hydrogens (tertiary/aromatic N) is 3. The number of hydrogen-bond acceptors (Lipinski definition) is 5. The molecule has 0 fully saturated rings. The van der Waals surface area contributed by atoms with E-state index in [-0.39, 0.29) is 5.82 Å². The Balaban J connectivity index is 1.56. The molecule has 0 saturated heterocycles. The summed E-state index contributed by atoms with van der Waals surface area (Å²) in [6, 6.07) is 16.8. The van der Waals surface area contributed by atoms with Gasteiger partial charge in [0.1, 0.15) is 23.8 Å². The maximum Gasteiger partial charge on any atom is 0.135 e. The van der Waals surface area contributed by atoms with E-state index in [1.807, 2.05) is 6.07 Å². The standard InChI is InChI=1S/C22H26FN5/c1-3-28(4-2)20-11-9-19(10-12-20)27-22-15-21(25-16-26-22)24-14-13-17-5-7-18(23)8-6-17/h5-12,15-16H,3-4,13-14H2,1-2H3,(H2,24,25,26,27). The topological polar surface area (TPSA) is 53.1 Å². The van der Waals surface area contributed by atoms with Crippen molar-refractivity contribution in [3.05, 3.63) is 72.3 Å². The third kappa shape index (κ3) is 5.42. The molecule has 0 saturated carbocycles. The van der Waals surface area contributed by atoms with Crippen LogP contribution in [0.4, 0.5) is 27.4 Å². The average Bonchev–Trinajstić information content (AvgIpc) is 2.72. The summed E-state index contributed by atoms with van der Waals surface area (Å²) < 4.78 is 13.0. The SMILES string of the molecule is CCN(CC)c1ccc(Nc2cc(NCCc3ccc(F)cc3)ncn2)cc1. The first kappa shape index (κ1) is 19.6. The van der Waals surface area contributed by atoms with Crippen LogP contribution in [0.15, 0.2) is 60.9 Å². The third-order valence-electron chi connectivity index (χ3n) is 4.57. The van der Waals surface area contributed by atoms with Crippen molar-refractivity contribution in [2.24, 2.45) is 0 Å². The Hall–Kier alpha value is -3.15. The zero-order valence-electron chi connectivity index (χ0n) is 16.3. The molecule has 146 valence electrons. The number of anilines is 4. The Bertz CT molecular complexity index is 861. The summed E-state index contributed by atoms with van der Waals surface area (Å²) in [5, 5.41) is 6.59. The molecule has 1 heterocycles. The van der Waals surface area contributed by atoms with Gasteiger partial charge in [0.25, 0.3) is 0 Å². The number of benzene rings is 2. The van der Waals surface area contributed by atoms with Crippen molar-refractivity contribution in [1.82, 2.24) is 9.97 Å². The predicted molar refractivity (Wildman–Crippen MR) is 114 cm³/mol. The smallest absolute Gasteiger partial charge is 0.135 e. The Labute approximate surface area is 165 Å². The highest BCUT2D eigenvalue weighted by atomic mass is 19.1. The molecule has 1 aromatic heterocycles. The van der Waals surface area contributed by atoms with Gasteiger partial charge >= 0.3 is 0 Å². The molecule has 3 aromatic rings. The number of aromatic nitrogens is 2. The Kier molecular flexibility index (Phi) is 6.78. The van der Waals surface area contributed by atoms with E-state index < -0.39 is 0 Å². The van der Waals surface area contributed by atoms with Gasteiger partial charge in [-0.15, -0.1) is 0 Å². The molecule has 0 bridgehead atoms. The summed E-state index contributed by atoms with van der Waals surface area (Å²) in [7, 11) is 0. The lowest BCUT2D eigenvalue weighted by atomic mass is 10.1. The van der Waals surface area contributed by atoms with Gasteiger partial charge in [-0.2, -0.15) is 0 Å². The van der Waals surface area contributed by atoms with Gasteiger partial charge in [0.2, 0.25) is 0 Å². The second-order valence-electron chi connectivity index (χ2n) is 6.44. The van der Waals surface area contributed by atoms with Crippen LogP contribution in [0.3, 0.4) is 0 Å². The van der Waals surface area contributed by atoms with E-state index in [1.54, 1.807) is 12.1 Å². The monoisotopic (exact) mass is 379 g/mol. The van der Waals surface area contributed by atoms with E-state index in [0.717, 1.165) is 42.4 Å². The van der Waals surface area contributed by atoms with Crippen LogP contribution >= 0.6 is 0 Å². The molecule has 0 aliphatic heterocycles. The second kappa shape index (κ2) is 9.69. The first-order valence-electron chi connectivity index (χ1n) is 9.60. The molecule has 2 aromatic carbocycles.